The van der Waals surface area contributed by atoms with Crippen molar-refractivity contribution >= 4 is 5.97 Å². The SMILES string of the molecule is CCC(O)C#CC#CC#CCCC(=O)O. The summed E-state index contributed by atoms with van der Waals surface area (Å²) in [4.78, 5) is 10.1. The fourth-order valence-corrected chi connectivity index (χ4v) is 0.560. The highest BCUT2D eigenvalue weighted by Gasteiger charge is 1.90. The van der Waals surface area contributed by atoms with E-state index in [1.807, 2.05) is 6.92 Å². The molecule has 0 bridgehead atoms. The average molecular weight is 204 g/mol. The smallest absolute Gasteiger partial charge is 0.304 e. The first kappa shape index (κ1) is 13.1. The van der Waals surface area contributed by atoms with Crippen LogP contribution in [0.4, 0.5) is 0 Å². The molecule has 0 aliphatic heterocycles. The molecule has 0 heterocycles. The second-order valence-corrected chi connectivity index (χ2v) is 2.64. The van der Waals surface area contributed by atoms with Gasteiger partial charge in [0.2, 0.25) is 0 Å². The van der Waals surface area contributed by atoms with Crippen LogP contribution < -0.4 is 0 Å². The van der Waals surface area contributed by atoms with Gasteiger partial charge in [-0.15, -0.1) is 0 Å². The topological polar surface area (TPSA) is 57.5 Å². The van der Waals surface area contributed by atoms with Crippen LogP contribution in [-0.2, 0) is 4.79 Å². The number of hydrogen-bond donors (Lipinski definition) is 2. The molecule has 78 valence electrons. The van der Waals surface area contributed by atoms with Crippen molar-refractivity contribution in [1.29, 1.82) is 0 Å². The van der Waals surface area contributed by atoms with Gasteiger partial charge in [0, 0.05) is 6.42 Å². The van der Waals surface area contributed by atoms with Gasteiger partial charge in [-0.3, -0.25) is 4.79 Å². The normalized spacial score (nSPS) is 9.47. The quantitative estimate of drug-likeness (QED) is 0.663. The van der Waals surface area contributed by atoms with Gasteiger partial charge in [0.25, 0.3) is 0 Å². The maximum atomic E-state index is 10.1. The van der Waals surface area contributed by atoms with E-state index < -0.39 is 12.1 Å². The summed E-state index contributed by atoms with van der Waals surface area (Å²) in [6, 6.07) is 0. The van der Waals surface area contributed by atoms with E-state index in [4.69, 9.17) is 10.2 Å². The molecule has 0 rings (SSSR count). The van der Waals surface area contributed by atoms with Crippen molar-refractivity contribution in [2.24, 2.45) is 0 Å². The van der Waals surface area contributed by atoms with Crippen LogP contribution in [0.25, 0.3) is 0 Å². The Bertz CT molecular complexity index is 376. The summed E-state index contributed by atoms with van der Waals surface area (Å²) in [5.74, 6) is 14.0. The minimum Gasteiger partial charge on any atom is -0.481 e. The van der Waals surface area contributed by atoms with E-state index in [0.717, 1.165) is 0 Å². The summed E-state index contributed by atoms with van der Waals surface area (Å²) in [6.45, 7) is 1.82. The highest BCUT2D eigenvalue weighted by molar-refractivity contribution is 5.67. The number of carboxylic acids is 1. The molecule has 0 aliphatic rings. The summed E-state index contributed by atoms with van der Waals surface area (Å²) in [5, 5.41) is 17.3. The lowest BCUT2D eigenvalue weighted by molar-refractivity contribution is -0.136. The van der Waals surface area contributed by atoms with E-state index in [9.17, 15) is 4.79 Å². The van der Waals surface area contributed by atoms with Gasteiger partial charge in [0.05, 0.1) is 6.42 Å². The van der Waals surface area contributed by atoms with E-state index >= 15 is 0 Å². The first-order valence-electron chi connectivity index (χ1n) is 4.55. The van der Waals surface area contributed by atoms with Crippen molar-refractivity contribution in [2.75, 3.05) is 0 Å². The van der Waals surface area contributed by atoms with Crippen molar-refractivity contribution in [1.82, 2.24) is 0 Å². The van der Waals surface area contributed by atoms with Crippen molar-refractivity contribution in [3.63, 3.8) is 0 Å². The number of carbonyl (C=O) groups is 1. The molecular weight excluding hydrogens is 192 g/mol. The van der Waals surface area contributed by atoms with Crippen LogP contribution in [-0.4, -0.2) is 22.3 Å². The number of hydrogen-bond acceptors (Lipinski definition) is 2. The molecule has 1 unspecified atom stereocenters. The lowest BCUT2D eigenvalue weighted by atomic mass is 10.3. The van der Waals surface area contributed by atoms with Gasteiger partial charge in [-0.25, -0.2) is 0 Å². The van der Waals surface area contributed by atoms with Crippen molar-refractivity contribution in [2.45, 2.75) is 32.3 Å². The molecule has 0 saturated heterocycles. The molecule has 0 aromatic carbocycles. The predicted octanol–water partition coefficient (Wildman–Crippen LogP) is 0.632. The van der Waals surface area contributed by atoms with E-state index in [2.05, 4.69) is 35.5 Å². The van der Waals surface area contributed by atoms with Crippen LogP contribution in [0.15, 0.2) is 0 Å². The third kappa shape index (κ3) is 10.0. The van der Waals surface area contributed by atoms with E-state index in [-0.39, 0.29) is 12.8 Å². The zero-order valence-corrected chi connectivity index (χ0v) is 8.50. The fraction of sp³-hybridized carbons (Fsp3) is 0.417. The summed E-state index contributed by atoms with van der Waals surface area (Å²) in [6.07, 6.45) is 0.238. The molecule has 1 atom stereocenters. The van der Waals surface area contributed by atoms with Crippen LogP contribution in [0.5, 0.6) is 0 Å². The van der Waals surface area contributed by atoms with Crippen LogP contribution in [0, 0.1) is 35.5 Å². The minimum absolute atomic E-state index is 0.0227. The molecule has 0 aromatic rings. The van der Waals surface area contributed by atoms with Gasteiger partial charge in [-0.2, -0.15) is 0 Å². The van der Waals surface area contributed by atoms with Crippen LogP contribution in [0.2, 0.25) is 0 Å². The maximum Gasteiger partial charge on any atom is 0.304 e. The first-order chi connectivity index (χ1) is 7.16. The van der Waals surface area contributed by atoms with Gasteiger partial charge in [-0.1, -0.05) is 18.8 Å². The minimum atomic E-state index is -0.872. The molecule has 15 heavy (non-hydrogen) atoms. The maximum absolute atomic E-state index is 10.1. The third-order valence-corrected chi connectivity index (χ3v) is 1.37. The Hall–Kier alpha value is -1.89. The molecule has 0 saturated carbocycles. The molecule has 3 heteroatoms. The van der Waals surface area contributed by atoms with Crippen molar-refractivity contribution in [3.8, 4) is 35.5 Å². The van der Waals surface area contributed by atoms with Crippen LogP contribution >= 0.6 is 0 Å². The predicted molar refractivity (Wildman–Crippen MR) is 56.5 cm³/mol. The molecule has 3 nitrogen and oxygen atoms in total. The Kier molecular flexibility index (Phi) is 7.60. The van der Waals surface area contributed by atoms with E-state index in [1.165, 1.54) is 0 Å². The van der Waals surface area contributed by atoms with Crippen LogP contribution in [0.3, 0.4) is 0 Å². The standard InChI is InChI=1S/C12H12O3/c1-2-11(13)9-7-5-3-4-6-8-10-12(14)15/h11,13H,2,8,10H2,1H3,(H,14,15). The zero-order chi connectivity index (χ0) is 11.5. The Labute approximate surface area is 89.5 Å². The average Bonchev–Trinajstić information content (AvgIpc) is 2.21. The van der Waals surface area contributed by atoms with Gasteiger partial charge in [0.1, 0.15) is 6.10 Å². The molecule has 0 fully saturated rings. The molecule has 0 amide bonds. The highest BCUT2D eigenvalue weighted by Crippen LogP contribution is 1.84. The fourth-order valence-electron chi connectivity index (χ4n) is 0.560. The molecule has 0 radical (unpaired) electrons. The van der Waals surface area contributed by atoms with Gasteiger partial charge in [0.15, 0.2) is 0 Å². The highest BCUT2D eigenvalue weighted by atomic mass is 16.4. The number of rotatable bonds is 3. The summed E-state index contributed by atoms with van der Waals surface area (Å²) >= 11 is 0. The Balaban J connectivity index is 3.87. The van der Waals surface area contributed by atoms with Gasteiger partial charge >= 0.3 is 5.97 Å². The zero-order valence-electron chi connectivity index (χ0n) is 8.50. The number of carboxylic acid groups (broad SMARTS) is 1. The third-order valence-electron chi connectivity index (χ3n) is 1.37. The second kappa shape index (κ2) is 8.70. The van der Waals surface area contributed by atoms with Crippen LogP contribution in [0.1, 0.15) is 26.2 Å². The summed E-state index contributed by atoms with van der Waals surface area (Å²) < 4.78 is 0. The molecule has 0 aromatic heterocycles. The van der Waals surface area contributed by atoms with Gasteiger partial charge in [-0.05, 0) is 30.1 Å². The second-order valence-electron chi connectivity index (χ2n) is 2.64. The van der Waals surface area contributed by atoms with E-state index in [1.54, 1.807) is 0 Å². The van der Waals surface area contributed by atoms with Crippen molar-refractivity contribution in [3.05, 3.63) is 0 Å². The van der Waals surface area contributed by atoms with Crippen molar-refractivity contribution < 1.29 is 15.0 Å². The van der Waals surface area contributed by atoms with E-state index in [0.29, 0.717) is 6.42 Å². The largest absolute Gasteiger partial charge is 0.481 e. The number of aliphatic hydroxyl groups is 1. The lowest BCUT2D eigenvalue weighted by Gasteiger charge is -1.91. The Morgan fingerprint density at radius 2 is 1.93 bits per heavy atom. The van der Waals surface area contributed by atoms with Gasteiger partial charge < -0.3 is 10.2 Å². The number of aliphatic carboxylic acids is 1. The lowest BCUT2D eigenvalue weighted by Crippen LogP contribution is -1.98. The summed E-state index contributed by atoms with van der Waals surface area (Å²) in [5.41, 5.74) is 0. The molecule has 0 aliphatic carbocycles. The Morgan fingerprint density at radius 3 is 2.53 bits per heavy atom. The number of aliphatic hydroxyl groups excluding tert-OH is 1. The monoisotopic (exact) mass is 204 g/mol. The molecule has 2 N–H and O–H groups in total. The molecule has 0 spiro atoms. The first-order valence-corrected chi connectivity index (χ1v) is 4.55. The molecular formula is C12H12O3. The Morgan fingerprint density at radius 1 is 1.27 bits per heavy atom. The summed E-state index contributed by atoms with van der Waals surface area (Å²) in [7, 11) is 0.